The van der Waals surface area contributed by atoms with Gasteiger partial charge in [-0.15, -0.1) is 10.2 Å². The second kappa shape index (κ2) is 9.34. The minimum Gasteiger partial charge on any atom is -0.483 e. The van der Waals surface area contributed by atoms with Gasteiger partial charge in [-0.05, 0) is 20.8 Å². The van der Waals surface area contributed by atoms with Gasteiger partial charge in [0.15, 0.2) is 0 Å². The van der Waals surface area contributed by atoms with E-state index in [-0.39, 0.29) is 12.4 Å². The highest BCUT2D eigenvalue weighted by atomic mass is 16.3. The predicted octanol–water partition coefficient (Wildman–Crippen LogP) is 0.424. The number of carbonyl (C=O) groups excluding carboxylic acids is 1. The first kappa shape index (κ1) is 18.3. The molecule has 0 aliphatic carbocycles. The van der Waals surface area contributed by atoms with Gasteiger partial charge in [-0.2, -0.15) is 0 Å². The molecule has 2 rings (SSSR count). The molecule has 0 fully saturated rings. The van der Waals surface area contributed by atoms with E-state index < -0.39 is 0 Å². The van der Waals surface area contributed by atoms with Gasteiger partial charge in [-0.25, -0.2) is 4.98 Å². The quantitative estimate of drug-likeness (QED) is 0.745. The Balaban J connectivity index is 0.000000816. The molecule has 0 saturated heterocycles. The SMILES string of the molecule is Cc1nccn1CC(=O)NCCc1nncn1C(C)C.O=CO. The van der Waals surface area contributed by atoms with E-state index in [4.69, 9.17) is 9.90 Å². The first-order valence-electron chi connectivity index (χ1n) is 7.20. The normalized spacial score (nSPS) is 10.1. The number of aromatic nitrogens is 5. The summed E-state index contributed by atoms with van der Waals surface area (Å²) >= 11 is 0. The molecule has 2 aromatic rings. The van der Waals surface area contributed by atoms with Gasteiger partial charge >= 0.3 is 0 Å². The van der Waals surface area contributed by atoms with Crippen molar-refractivity contribution in [2.45, 2.75) is 39.8 Å². The molecule has 0 aliphatic rings. The maximum Gasteiger partial charge on any atom is 0.290 e. The minimum atomic E-state index is -0.250. The van der Waals surface area contributed by atoms with E-state index >= 15 is 0 Å². The van der Waals surface area contributed by atoms with Crippen LogP contribution in [0.4, 0.5) is 0 Å². The smallest absolute Gasteiger partial charge is 0.290 e. The summed E-state index contributed by atoms with van der Waals surface area (Å²) in [6, 6.07) is 0.323. The van der Waals surface area contributed by atoms with E-state index in [9.17, 15) is 4.79 Å². The fraction of sp³-hybridized carbons (Fsp3) is 0.500. The molecule has 0 saturated carbocycles. The summed E-state index contributed by atoms with van der Waals surface area (Å²) in [6.45, 7) is 6.62. The Bertz CT molecular complexity index is 620. The summed E-state index contributed by atoms with van der Waals surface area (Å²) in [6.07, 6.45) is 5.88. The van der Waals surface area contributed by atoms with Crippen molar-refractivity contribution in [3.05, 3.63) is 30.4 Å². The average molecular weight is 322 g/mol. The van der Waals surface area contributed by atoms with E-state index in [0.717, 1.165) is 11.6 Å². The zero-order chi connectivity index (χ0) is 17.2. The maximum atomic E-state index is 11.8. The van der Waals surface area contributed by atoms with Gasteiger partial charge in [-0.3, -0.25) is 9.59 Å². The van der Waals surface area contributed by atoms with E-state index in [1.807, 2.05) is 16.1 Å². The molecule has 2 aromatic heterocycles. The van der Waals surface area contributed by atoms with Crippen molar-refractivity contribution in [3.8, 4) is 0 Å². The summed E-state index contributed by atoms with van der Waals surface area (Å²) in [4.78, 5) is 24.3. The van der Waals surface area contributed by atoms with Crippen molar-refractivity contribution >= 4 is 12.4 Å². The summed E-state index contributed by atoms with van der Waals surface area (Å²) in [5, 5.41) is 17.7. The van der Waals surface area contributed by atoms with Gasteiger partial charge in [0.2, 0.25) is 5.91 Å². The molecule has 0 radical (unpaired) electrons. The van der Waals surface area contributed by atoms with Crippen LogP contribution in [0, 0.1) is 6.92 Å². The zero-order valence-electron chi connectivity index (χ0n) is 13.5. The first-order valence-corrected chi connectivity index (χ1v) is 7.20. The molecule has 0 spiro atoms. The van der Waals surface area contributed by atoms with Crippen LogP contribution >= 0.6 is 0 Å². The van der Waals surface area contributed by atoms with Crippen LogP contribution < -0.4 is 5.32 Å². The highest BCUT2D eigenvalue weighted by Gasteiger charge is 2.08. The molecule has 0 bridgehead atoms. The second-order valence-corrected chi connectivity index (χ2v) is 5.06. The standard InChI is InChI=1S/C13H20N6O.CH2O2/c1-10(2)19-9-16-17-12(19)4-5-15-13(20)8-18-7-6-14-11(18)3;2-1-3/h6-7,9-10H,4-5,8H2,1-3H3,(H,15,20);1H,(H,2,3). The number of aryl methyl sites for hydroxylation is 1. The topological polar surface area (TPSA) is 115 Å². The Morgan fingerprint density at radius 3 is 2.74 bits per heavy atom. The lowest BCUT2D eigenvalue weighted by Gasteiger charge is -2.10. The Hall–Kier alpha value is -2.71. The highest BCUT2D eigenvalue weighted by Crippen LogP contribution is 2.06. The lowest BCUT2D eigenvalue weighted by molar-refractivity contribution is -0.123. The third kappa shape index (κ3) is 5.89. The van der Waals surface area contributed by atoms with Crippen LogP contribution in [0.15, 0.2) is 18.7 Å². The van der Waals surface area contributed by atoms with E-state index in [1.165, 1.54) is 0 Å². The van der Waals surface area contributed by atoms with Crippen LogP contribution in [-0.4, -0.2) is 48.3 Å². The van der Waals surface area contributed by atoms with Crippen LogP contribution in [0.2, 0.25) is 0 Å². The molecule has 2 heterocycles. The summed E-state index contributed by atoms with van der Waals surface area (Å²) < 4.78 is 3.82. The molecule has 9 nitrogen and oxygen atoms in total. The zero-order valence-corrected chi connectivity index (χ0v) is 13.5. The van der Waals surface area contributed by atoms with Gasteiger partial charge in [0.25, 0.3) is 6.47 Å². The van der Waals surface area contributed by atoms with Crippen molar-refractivity contribution in [2.24, 2.45) is 0 Å². The van der Waals surface area contributed by atoms with Crippen LogP contribution in [0.1, 0.15) is 31.5 Å². The number of carbonyl (C=O) groups is 2. The molecule has 9 heteroatoms. The molecule has 0 unspecified atom stereocenters. The van der Waals surface area contributed by atoms with Crippen LogP contribution in [-0.2, 0) is 22.6 Å². The number of rotatable bonds is 6. The largest absolute Gasteiger partial charge is 0.483 e. The number of amides is 1. The summed E-state index contributed by atoms with van der Waals surface area (Å²) in [7, 11) is 0. The third-order valence-electron chi connectivity index (χ3n) is 3.11. The monoisotopic (exact) mass is 322 g/mol. The number of imidazole rings is 1. The molecule has 0 atom stereocenters. The van der Waals surface area contributed by atoms with Crippen LogP contribution in [0.3, 0.4) is 0 Å². The lowest BCUT2D eigenvalue weighted by Crippen LogP contribution is -2.30. The van der Waals surface area contributed by atoms with Crippen molar-refractivity contribution in [1.82, 2.24) is 29.6 Å². The van der Waals surface area contributed by atoms with E-state index in [0.29, 0.717) is 25.6 Å². The molecule has 2 N–H and O–H groups in total. The summed E-state index contributed by atoms with van der Waals surface area (Å²) in [5.41, 5.74) is 0. The number of nitrogens with zero attached hydrogens (tertiary/aromatic N) is 5. The number of hydrogen-bond donors (Lipinski definition) is 2. The lowest BCUT2D eigenvalue weighted by atomic mass is 10.3. The van der Waals surface area contributed by atoms with Gasteiger partial charge in [0.05, 0.1) is 0 Å². The van der Waals surface area contributed by atoms with Crippen LogP contribution in [0.25, 0.3) is 0 Å². The Morgan fingerprint density at radius 2 is 2.17 bits per heavy atom. The van der Waals surface area contributed by atoms with Gasteiger partial charge in [0, 0.05) is 31.4 Å². The van der Waals surface area contributed by atoms with Gasteiger partial charge in [-0.1, -0.05) is 0 Å². The van der Waals surface area contributed by atoms with Gasteiger partial charge < -0.3 is 19.6 Å². The molecular formula is C14H22N6O3. The van der Waals surface area contributed by atoms with E-state index in [2.05, 4.69) is 34.3 Å². The first-order chi connectivity index (χ1) is 11.0. The third-order valence-corrected chi connectivity index (χ3v) is 3.11. The fourth-order valence-corrected chi connectivity index (χ4v) is 1.97. The molecule has 126 valence electrons. The Morgan fingerprint density at radius 1 is 1.48 bits per heavy atom. The Kier molecular flexibility index (Phi) is 7.44. The highest BCUT2D eigenvalue weighted by molar-refractivity contribution is 5.75. The average Bonchev–Trinajstić information content (AvgIpc) is 3.10. The fourth-order valence-electron chi connectivity index (χ4n) is 1.97. The van der Waals surface area contributed by atoms with Gasteiger partial charge in [0.1, 0.15) is 24.5 Å². The van der Waals surface area contributed by atoms with Crippen LogP contribution in [0.5, 0.6) is 0 Å². The molecule has 1 amide bonds. The number of nitrogens with one attached hydrogen (secondary N) is 1. The minimum absolute atomic E-state index is 0.0262. The maximum absolute atomic E-state index is 11.8. The number of hydrogen-bond acceptors (Lipinski definition) is 5. The number of carboxylic acid groups (broad SMARTS) is 1. The molecular weight excluding hydrogens is 300 g/mol. The Labute approximate surface area is 134 Å². The van der Waals surface area contributed by atoms with Crippen molar-refractivity contribution in [1.29, 1.82) is 0 Å². The second-order valence-electron chi connectivity index (χ2n) is 5.06. The predicted molar refractivity (Wildman–Crippen MR) is 82.8 cm³/mol. The van der Waals surface area contributed by atoms with Crippen molar-refractivity contribution < 1.29 is 14.7 Å². The van der Waals surface area contributed by atoms with Crippen molar-refractivity contribution in [2.75, 3.05) is 6.54 Å². The molecule has 0 aromatic carbocycles. The molecule has 0 aliphatic heterocycles. The molecule has 23 heavy (non-hydrogen) atoms. The van der Waals surface area contributed by atoms with E-state index in [1.54, 1.807) is 18.7 Å². The summed E-state index contributed by atoms with van der Waals surface area (Å²) in [5.74, 6) is 1.69. The van der Waals surface area contributed by atoms with Crippen molar-refractivity contribution in [3.63, 3.8) is 0 Å².